The van der Waals surface area contributed by atoms with Crippen LogP contribution in [0.15, 0.2) is 84.4 Å². The largest absolute Gasteiger partial charge is 0.507 e. The second-order valence-corrected chi connectivity index (χ2v) is 7.08. The molecule has 0 radical (unpaired) electrons. The van der Waals surface area contributed by atoms with E-state index >= 15 is 0 Å². The molecule has 0 aliphatic carbocycles. The normalized spacial score (nSPS) is 18.1. The smallest absolute Gasteiger partial charge is 0.300 e. The maximum absolute atomic E-state index is 14.8. The van der Waals surface area contributed by atoms with Crippen LogP contribution in [0.1, 0.15) is 29.7 Å². The number of nitrogens with zero attached hydrogens (tertiary/aromatic N) is 1. The number of carbonyl (C=O) groups is 2. The van der Waals surface area contributed by atoms with Crippen molar-refractivity contribution in [3.8, 4) is 0 Å². The van der Waals surface area contributed by atoms with Gasteiger partial charge in [-0.05, 0) is 30.2 Å². The van der Waals surface area contributed by atoms with Gasteiger partial charge < -0.3 is 5.11 Å². The predicted molar refractivity (Wildman–Crippen MR) is 113 cm³/mol. The molecule has 1 aliphatic rings. The Balaban J connectivity index is 1.94. The number of anilines is 1. The monoisotopic (exact) mass is 401 g/mol. The van der Waals surface area contributed by atoms with Gasteiger partial charge in [0.25, 0.3) is 11.7 Å². The molecule has 4 nitrogen and oxygen atoms in total. The minimum atomic E-state index is -1.07. The summed E-state index contributed by atoms with van der Waals surface area (Å²) < 4.78 is 14.8. The highest BCUT2D eigenvalue weighted by molar-refractivity contribution is 6.51. The van der Waals surface area contributed by atoms with Crippen LogP contribution in [0.4, 0.5) is 10.1 Å². The van der Waals surface area contributed by atoms with Crippen LogP contribution in [-0.4, -0.2) is 16.8 Å². The summed E-state index contributed by atoms with van der Waals surface area (Å²) in [5.74, 6) is -2.52. The standard InChI is InChI=1S/C25H20FNO3/c1-2-16-12-14-17(15-13-16)23(28)21-22(19-10-6-7-11-20(19)26)27(25(30)24(21)29)18-8-4-3-5-9-18/h3-15,22,28H,2H2,1H3/b23-21-. The zero-order valence-corrected chi connectivity index (χ0v) is 16.4. The molecule has 1 N–H and O–H groups in total. The van der Waals surface area contributed by atoms with Gasteiger partial charge in [0.2, 0.25) is 0 Å². The van der Waals surface area contributed by atoms with Crippen LogP contribution in [0.3, 0.4) is 0 Å². The number of amides is 1. The van der Waals surface area contributed by atoms with Crippen molar-refractivity contribution in [2.45, 2.75) is 19.4 Å². The summed E-state index contributed by atoms with van der Waals surface area (Å²) in [4.78, 5) is 27.2. The van der Waals surface area contributed by atoms with E-state index < -0.39 is 23.5 Å². The minimum absolute atomic E-state index is 0.127. The van der Waals surface area contributed by atoms with Gasteiger partial charge in [0.05, 0.1) is 11.6 Å². The number of ketones is 1. The summed E-state index contributed by atoms with van der Waals surface area (Å²) in [6.07, 6.45) is 0.828. The quantitative estimate of drug-likeness (QED) is 0.380. The van der Waals surface area contributed by atoms with E-state index in [1.165, 1.54) is 23.1 Å². The Bertz CT molecular complexity index is 1140. The van der Waals surface area contributed by atoms with Gasteiger partial charge in [-0.1, -0.05) is 67.6 Å². The lowest BCUT2D eigenvalue weighted by molar-refractivity contribution is -0.132. The van der Waals surface area contributed by atoms with Crippen molar-refractivity contribution < 1.29 is 19.1 Å². The topological polar surface area (TPSA) is 57.6 Å². The van der Waals surface area contributed by atoms with E-state index in [0.29, 0.717) is 11.3 Å². The van der Waals surface area contributed by atoms with E-state index in [9.17, 15) is 19.1 Å². The first-order chi connectivity index (χ1) is 14.5. The molecular weight excluding hydrogens is 381 g/mol. The molecule has 4 rings (SSSR count). The molecule has 150 valence electrons. The first-order valence-corrected chi connectivity index (χ1v) is 9.72. The van der Waals surface area contributed by atoms with E-state index in [1.54, 1.807) is 48.5 Å². The molecule has 1 unspecified atom stereocenters. The minimum Gasteiger partial charge on any atom is -0.507 e. The van der Waals surface area contributed by atoms with Crippen LogP contribution in [0.2, 0.25) is 0 Å². The third-order valence-corrected chi connectivity index (χ3v) is 5.31. The molecule has 0 spiro atoms. The Kier molecular flexibility index (Phi) is 5.19. The summed E-state index contributed by atoms with van der Waals surface area (Å²) in [5, 5.41) is 11.0. The van der Waals surface area contributed by atoms with Crippen molar-refractivity contribution in [3.63, 3.8) is 0 Å². The fraction of sp³-hybridized carbons (Fsp3) is 0.120. The Morgan fingerprint density at radius 3 is 2.20 bits per heavy atom. The van der Waals surface area contributed by atoms with Gasteiger partial charge >= 0.3 is 0 Å². The van der Waals surface area contributed by atoms with E-state index in [1.807, 2.05) is 19.1 Å². The maximum Gasteiger partial charge on any atom is 0.300 e. The zero-order chi connectivity index (χ0) is 21.3. The lowest BCUT2D eigenvalue weighted by Gasteiger charge is -2.25. The highest BCUT2D eigenvalue weighted by Gasteiger charge is 2.47. The molecule has 0 bridgehead atoms. The average molecular weight is 401 g/mol. The molecule has 1 atom stereocenters. The van der Waals surface area contributed by atoms with E-state index in [4.69, 9.17) is 0 Å². The van der Waals surface area contributed by atoms with Gasteiger partial charge in [-0.15, -0.1) is 0 Å². The van der Waals surface area contributed by atoms with Crippen LogP contribution in [0.25, 0.3) is 5.76 Å². The predicted octanol–water partition coefficient (Wildman–Crippen LogP) is 5.01. The Morgan fingerprint density at radius 2 is 1.57 bits per heavy atom. The third-order valence-electron chi connectivity index (χ3n) is 5.31. The molecular formula is C25H20FNO3. The van der Waals surface area contributed by atoms with Gasteiger partial charge in [0.15, 0.2) is 0 Å². The van der Waals surface area contributed by atoms with Gasteiger partial charge in [0, 0.05) is 16.8 Å². The fourth-order valence-corrected chi connectivity index (χ4v) is 3.73. The highest BCUT2D eigenvalue weighted by Crippen LogP contribution is 2.42. The Morgan fingerprint density at radius 1 is 0.933 bits per heavy atom. The molecule has 3 aromatic carbocycles. The van der Waals surface area contributed by atoms with Gasteiger partial charge in [-0.2, -0.15) is 0 Å². The summed E-state index contributed by atoms with van der Waals surface area (Å²) >= 11 is 0. The van der Waals surface area contributed by atoms with Crippen molar-refractivity contribution in [2.24, 2.45) is 0 Å². The van der Waals surface area contributed by atoms with Crippen molar-refractivity contribution >= 4 is 23.1 Å². The lowest BCUT2D eigenvalue weighted by Crippen LogP contribution is -2.29. The Labute approximate surface area is 173 Å². The second-order valence-electron chi connectivity index (χ2n) is 7.08. The molecule has 1 aliphatic heterocycles. The number of para-hydroxylation sites is 1. The number of rotatable bonds is 4. The number of aliphatic hydroxyl groups excluding tert-OH is 1. The number of Topliss-reactive ketones (excluding diaryl/α,β-unsaturated/α-hetero) is 1. The highest BCUT2D eigenvalue weighted by atomic mass is 19.1. The second kappa shape index (κ2) is 7.95. The number of halogens is 1. The van der Waals surface area contributed by atoms with Gasteiger partial charge in [-0.25, -0.2) is 4.39 Å². The number of aryl methyl sites for hydroxylation is 1. The lowest BCUT2D eigenvalue weighted by atomic mass is 9.94. The molecule has 1 fully saturated rings. The fourth-order valence-electron chi connectivity index (χ4n) is 3.73. The zero-order valence-electron chi connectivity index (χ0n) is 16.4. The van der Waals surface area contributed by atoms with Gasteiger partial charge in [0.1, 0.15) is 11.6 Å². The van der Waals surface area contributed by atoms with Crippen LogP contribution < -0.4 is 4.90 Å². The first kappa shape index (κ1) is 19.6. The maximum atomic E-state index is 14.8. The summed E-state index contributed by atoms with van der Waals surface area (Å²) in [6, 6.07) is 20.6. The van der Waals surface area contributed by atoms with Crippen LogP contribution >= 0.6 is 0 Å². The molecule has 0 saturated carbocycles. The molecule has 0 aromatic heterocycles. The van der Waals surface area contributed by atoms with Crippen LogP contribution in [-0.2, 0) is 16.0 Å². The van der Waals surface area contributed by atoms with Crippen LogP contribution in [0.5, 0.6) is 0 Å². The molecule has 3 aromatic rings. The van der Waals surface area contributed by atoms with Crippen molar-refractivity contribution in [1.29, 1.82) is 0 Å². The molecule has 1 saturated heterocycles. The third kappa shape index (κ3) is 3.28. The summed E-state index contributed by atoms with van der Waals surface area (Å²) in [6.45, 7) is 2.01. The number of aliphatic hydroxyl groups is 1. The number of benzene rings is 3. The molecule has 1 heterocycles. The van der Waals surface area contributed by atoms with Crippen molar-refractivity contribution in [2.75, 3.05) is 4.90 Å². The SMILES string of the molecule is CCc1ccc(/C(O)=C2/C(=O)C(=O)N(c3ccccc3)C2c2ccccc2F)cc1. The van der Waals surface area contributed by atoms with E-state index in [0.717, 1.165) is 12.0 Å². The van der Waals surface area contributed by atoms with Gasteiger partial charge in [-0.3, -0.25) is 14.5 Å². The molecule has 30 heavy (non-hydrogen) atoms. The number of hydrogen-bond acceptors (Lipinski definition) is 3. The van der Waals surface area contributed by atoms with Crippen molar-refractivity contribution in [1.82, 2.24) is 0 Å². The number of hydrogen-bond donors (Lipinski definition) is 1. The Hall–Kier alpha value is -3.73. The van der Waals surface area contributed by atoms with Crippen LogP contribution in [0, 0.1) is 5.82 Å². The first-order valence-electron chi connectivity index (χ1n) is 9.72. The summed E-state index contributed by atoms with van der Waals surface area (Å²) in [7, 11) is 0. The average Bonchev–Trinajstić information content (AvgIpc) is 3.04. The van der Waals surface area contributed by atoms with E-state index in [2.05, 4.69) is 0 Å². The summed E-state index contributed by atoms with van der Waals surface area (Å²) in [5.41, 5.74) is 1.94. The number of carbonyl (C=O) groups excluding carboxylic acids is 2. The van der Waals surface area contributed by atoms with Crippen molar-refractivity contribution in [3.05, 3.63) is 107 Å². The van der Waals surface area contributed by atoms with E-state index in [-0.39, 0.29) is 16.9 Å². The molecule has 5 heteroatoms. The molecule has 1 amide bonds.